The number of allylic oxidation sites excluding steroid dienone is 1. The fourth-order valence-electron chi connectivity index (χ4n) is 5.24. The van der Waals surface area contributed by atoms with Gasteiger partial charge in [0.25, 0.3) is 11.8 Å². The molecule has 10 nitrogen and oxygen atoms in total. The maximum Gasteiger partial charge on any atom is 0.339 e. The van der Waals surface area contributed by atoms with Crippen LogP contribution < -0.4 is 15.6 Å². The molecule has 0 unspecified atom stereocenters. The van der Waals surface area contributed by atoms with E-state index in [1.807, 2.05) is 18.2 Å². The number of morpholine rings is 1. The Hall–Kier alpha value is -4.38. The summed E-state index contributed by atoms with van der Waals surface area (Å²) in [4.78, 5) is 41.8. The molecule has 2 heterocycles. The largest absolute Gasteiger partial charge is 0.465 e. The first-order chi connectivity index (χ1) is 20.8. The third-order valence-corrected chi connectivity index (χ3v) is 7.89. The molecule has 3 N–H and O–H groups in total. The van der Waals surface area contributed by atoms with Crippen LogP contribution in [0.4, 0.5) is 5.69 Å². The van der Waals surface area contributed by atoms with Crippen LogP contribution in [0.25, 0.3) is 16.7 Å². The minimum atomic E-state index is -0.572. The first kappa shape index (κ1) is 30.1. The molecule has 12 heteroatoms. The predicted octanol–water partition coefficient (Wildman–Crippen LogP) is 4.79. The number of halogens is 2. The summed E-state index contributed by atoms with van der Waals surface area (Å²) in [5, 5.41) is 11.9. The maximum absolute atomic E-state index is 13.6. The number of fused-ring (bicyclic) bond motifs is 1. The smallest absolute Gasteiger partial charge is 0.339 e. The van der Waals surface area contributed by atoms with Crippen molar-refractivity contribution in [1.29, 1.82) is 5.41 Å². The molecule has 0 aliphatic carbocycles. The molecule has 0 atom stereocenters. The number of rotatable bonds is 7. The highest BCUT2D eigenvalue weighted by molar-refractivity contribution is 6.40. The minimum absolute atomic E-state index is 0.0364. The van der Waals surface area contributed by atoms with E-state index in [9.17, 15) is 14.4 Å². The van der Waals surface area contributed by atoms with Crippen LogP contribution >= 0.6 is 23.2 Å². The third-order valence-electron chi connectivity index (χ3n) is 7.30. The van der Waals surface area contributed by atoms with E-state index in [-0.39, 0.29) is 22.2 Å². The molecule has 0 aromatic heterocycles. The third kappa shape index (κ3) is 5.94. The van der Waals surface area contributed by atoms with Crippen LogP contribution in [0.2, 0.25) is 10.0 Å². The highest BCUT2D eigenvalue weighted by Gasteiger charge is 2.32. The number of hydrogen-bond acceptors (Lipinski definition) is 8. The van der Waals surface area contributed by atoms with Crippen molar-refractivity contribution >= 4 is 58.5 Å². The summed E-state index contributed by atoms with van der Waals surface area (Å²) in [5.41, 5.74) is 7.37. The van der Waals surface area contributed by atoms with Gasteiger partial charge < -0.3 is 25.1 Å². The van der Waals surface area contributed by atoms with E-state index in [1.165, 1.54) is 12.1 Å². The van der Waals surface area contributed by atoms with Crippen LogP contribution in [-0.2, 0) is 16.0 Å². The number of esters is 1. The van der Waals surface area contributed by atoms with Crippen molar-refractivity contribution in [2.75, 3.05) is 45.4 Å². The number of methoxy groups -OCH3 is 1. The molecule has 0 spiro atoms. The van der Waals surface area contributed by atoms with Crippen molar-refractivity contribution in [1.82, 2.24) is 15.8 Å². The van der Waals surface area contributed by atoms with Crippen LogP contribution in [0, 0.1) is 5.41 Å². The number of carbonyl (C=O) groups excluding carboxylic acids is 3. The quantitative estimate of drug-likeness (QED) is 0.256. The van der Waals surface area contributed by atoms with E-state index in [4.69, 9.17) is 38.1 Å². The molecular weight excluding hydrogens is 593 g/mol. The molecule has 1 saturated heterocycles. The molecule has 5 rings (SSSR count). The van der Waals surface area contributed by atoms with E-state index in [2.05, 4.69) is 15.6 Å². The van der Waals surface area contributed by atoms with Crippen LogP contribution in [-0.4, -0.2) is 69.5 Å². The van der Waals surface area contributed by atoms with Crippen molar-refractivity contribution in [3.05, 3.63) is 92.6 Å². The zero-order valence-corrected chi connectivity index (χ0v) is 25.0. The zero-order chi connectivity index (χ0) is 30.7. The number of carbonyl (C=O) groups is 3. The Bertz CT molecular complexity index is 1630. The second kappa shape index (κ2) is 12.9. The van der Waals surface area contributed by atoms with Gasteiger partial charge in [0, 0.05) is 38.1 Å². The summed E-state index contributed by atoms with van der Waals surface area (Å²) in [6.07, 6.45) is 2.76. The number of hydrogen-bond donors (Lipinski definition) is 3. The lowest BCUT2D eigenvalue weighted by Gasteiger charge is -2.32. The average Bonchev–Trinajstić information content (AvgIpc) is 3.02. The lowest BCUT2D eigenvalue weighted by molar-refractivity contribution is 0.0540. The molecule has 222 valence electrons. The molecule has 3 aromatic carbocycles. The second-order valence-corrected chi connectivity index (χ2v) is 10.7. The molecule has 0 bridgehead atoms. The Labute approximate surface area is 258 Å². The predicted molar refractivity (Wildman–Crippen MR) is 166 cm³/mol. The monoisotopic (exact) mass is 621 g/mol. The second-order valence-electron chi connectivity index (χ2n) is 9.84. The summed E-state index contributed by atoms with van der Waals surface area (Å²) in [6, 6.07) is 13.9. The Morgan fingerprint density at radius 1 is 1.09 bits per heavy atom. The van der Waals surface area contributed by atoms with E-state index in [0.29, 0.717) is 65.4 Å². The van der Waals surface area contributed by atoms with Gasteiger partial charge in [-0.2, -0.15) is 0 Å². The van der Waals surface area contributed by atoms with Crippen LogP contribution in [0.15, 0.2) is 54.7 Å². The van der Waals surface area contributed by atoms with Crippen molar-refractivity contribution in [3.8, 4) is 11.1 Å². The number of ether oxygens (including phenoxy) is 2. The summed E-state index contributed by atoms with van der Waals surface area (Å²) in [6.45, 7) is 2.36. The SMILES string of the molecule is CN/C=C(\C=N)c1cc(Cl)c(C(=O)N2Cc3cccc(-c4ccc(C(=O)OC)c(N5CCOCC5)c4)c3C(=O)N2)c(Cl)c1. The Balaban J connectivity index is 1.48. The van der Waals surface area contributed by atoms with Gasteiger partial charge in [-0.05, 0) is 46.5 Å². The lowest BCUT2D eigenvalue weighted by atomic mass is 9.92. The average molecular weight is 623 g/mol. The highest BCUT2D eigenvalue weighted by atomic mass is 35.5. The van der Waals surface area contributed by atoms with Gasteiger partial charge in [0.1, 0.15) is 0 Å². The molecule has 43 heavy (non-hydrogen) atoms. The number of nitrogens with one attached hydrogen (secondary N) is 3. The molecule has 2 aliphatic heterocycles. The Morgan fingerprint density at radius 2 is 1.81 bits per heavy atom. The number of nitrogens with zero attached hydrogens (tertiary/aromatic N) is 2. The van der Waals surface area contributed by atoms with Crippen molar-refractivity contribution in [2.24, 2.45) is 0 Å². The summed E-state index contributed by atoms with van der Waals surface area (Å²) < 4.78 is 10.5. The summed E-state index contributed by atoms with van der Waals surface area (Å²) >= 11 is 13.0. The molecular formula is C31H29Cl2N5O5. The van der Waals surface area contributed by atoms with Crippen molar-refractivity contribution < 1.29 is 23.9 Å². The zero-order valence-electron chi connectivity index (χ0n) is 23.5. The van der Waals surface area contributed by atoms with Gasteiger partial charge in [-0.25, -0.2) is 9.80 Å². The maximum atomic E-state index is 13.6. The first-order valence-corrected chi connectivity index (χ1v) is 14.2. The Morgan fingerprint density at radius 3 is 2.47 bits per heavy atom. The van der Waals surface area contributed by atoms with E-state index in [1.54, 1.807) is 43.6 Å². The standard InChI is InChI=1S/C31H29Cl2N5O5/c1-35-16-21(15-34)20-12-24(32)28(25(33)13-20)30(40)38-17-19-4-3-5-22(27(19)29(39)36-38)18-6-7-23(31(41)42-2)26(14-18)37-8-10-43-11-9-37/h3-7,12-16,34-35H,8-11,17H2,1-2H3,(H,36,39)/b21-16+,34-15?. The normalized spacial score (nSPS) is 15.0. The van der Waals surface area contributed by atoms with E-state index in [0.717, 1.165) is 11.8 Å². The van der Waals surface area contributed by atoms with Crippen molar-refractivity contribution in [3.63, 3.8) is 0 Å². The van der Waals surface area contributed by atoms with E-state index < -0.39 is 17.8 Å². The fraction of sp³-hybridized carbons (Fsp3) is 0.226. The van der Waals surface area contributed by atoms with Gasteiger partial charge in [0.2, 0.25) is 0 Å². The van der Waals surface area contributed by atoms with Crippen LogP contribution in [0.3, 0.4) is 0 Å². The first-order valence-electron chi connectivity index (χ1n) is 13.4. The van der Waals surface area contributed by atoms with Gasteiger partial charge in [-0.15, -0.1) is 0 Å². The van der Waals surface area contributed by atoms with Gasteiger partial charge in [0.05, 0.1) is 59.3 Å². The number of anilines is 1. The molecule has 3 aromatic rings. The summed E-state index contributed by atoms with van der Waals surface area (Å²) in [7, 11) is 3.04. The fourth-order valence-corrected chi connectivity index (χ4v) is 5.89. The highest BCUT2D eigenvalue weighted by Crippen LogP contribution is 2.35. The Kier molecular flexibility index (Phi) is 9.00. The van der Waals surface area contributed by atoms with Crippen LogP contribution in [0.5, 0.6) is 0 Å². The van der Waals surface area contributed by atoms with Gasteiger partial charge in [-0.1, -0.05) is 47.5 Å². The van der Waals surface area contributed by atoms with Crippen LogP contribution in [0.1, 0.15) is 42.2 Å². The van der Waals surface area contributed by atoms with Crippen molar-refractivity contribution in [2.45, 2.75) is 6.54 Å². The van der Waals surface area contributed by atoms with Gasteiger partial charge in [0.15, 0.2) is 0 Å². The number of benzene rings is 3. The lowest BCUT2D eigenvalue weighted by Crippen LogP contribution is -2.49. The number of amides is 2. The molecule has 1 fully saturated rings. The molecule has 0 saturated carbocycles. The summed E-state index contributed by atoms with van der Waals surface area (Å²) in [5.74, 6) is -1.49. The van der Waals surface area contributed by atoms with Gasteiger partial charge in [-0.3, -0.25) is 15.0 Å². The molecule has 2 aliphatic rings. The van der Waals surface area contributed by atoms with Gasteiger partial charge >= 0.3 is 5.97 Å². The topological polar surface area (TPSA) is 124 Å². The molecule has 2 amide bonds. The minimum Gasteiger partial charge on any atom is -0.465 e. The molecule has 0 radical (unpaired) electrons. The van der Waals surface area contributed by atoms with E-state index >= 15 is 0 Å². The number of hydrazine groups is 1.